The van der Waals surface area contributed by atoms with Gasteiger partial charge in [0.25, 0.3) is 5.91 Å². The fraction of sp³-hybridized carbons (Fsp3) is 0.273. The minimum atomic E-state index is -0.582. The Hall–Kier alpha value is -2.04. The fourth-order valence-electron chi connectivity index (χ4n) is 1.09. The van der Waals surface area contributed by atoms with Crippen molar-refractivity contribution in [3.63, 3.8) is 0 Å². The van der Waals surface area contributed by atoms with Crippen LogP contribution in [0.25, 0.3) is 0 Å². The zero-order valence-corrected chi connectivity index (χ0v) is 9.15. The largest absolute Gasteiger partial charge is 0.496 e. The first-order chi connectivity index (χ1) is 7.69. The number of esters is 1. The van der Waals surface area contributed by atoms with E-state index in [9.17, 15) is 9.59 Å². The second-order valence-corrected chi connectivity index (χ2v) is 2.95. The molecular formula is C11H13NO4. The van der Waals surface area contributed by atoms with Gasteiger partial charge in [-0.05, 0) is 12.1 Å². The molecule has 0 bridgehead atoms. The number of methoxy groups -OCH3 is 1. The zero-order valence-electron chi connectivity index (χ0n) is 9.15. The van der Waals surface area contributed by atoms with Gasteiger partial charge in [-0.2, -0.15) is 0 Å². The number of nitrogens with one attached hydrogen (secondary N) is 1. The van der Waals surface area contributed by atoms with Gasteiger partial charge in [0.05, 0.1) is 7.11 Å². The van der Waals surface area contributed by atoms with Crippen molar-refractivity contribution < 1.29 is 19.1 Å². The van der Waals surface area contributed by atoms with Crippen LogP contribution in [0.4, 0.5) is 0 Å². The summed E-state index contributed by atoms with van der Waals surface area (Å²) in [5, 5.41) is 2.35. The number of benzene rings is 1. The van der Waals surface area contributed by atoms with E-state index in [4.69, 9.17) is 9.47 Å². The maximum absolute atomic E-state index is 11.6. The third-order valence-corrected chi connectivity index (χ3v) is 1.94. The number of hydrogen-bond acceptors (Lipinski definition) is 4. The summed E-state index contributed by atoms with van der Waals surface area (Å²) in [7, 11) is 2.93. The third-order valence-electron chi connectivity index (χ3n) is 1.94. The summed E-state index contributed by atoms with van der Waals surface area (Å²) in [5.41, 5.74) is 0.300. The highest BCUT2D eigenvalue weighted by Gasteiger charge is 2.13. The van der Waals surface area contributed by atoms with Crippen molar-refractivity contribution >= 4 is 11.9 Å². The molecule has 0 unspecified atom stereocenters. The van der Waals surface area contributed by atoms with Crippen molar-refractivity contribution in [1.82, 2.24) is 5.32 Å². The second kappa shape index (κ2) is 5.75. The molecule has 86 valence electrons. The van der Waals surface area contributed by atoms with E-state index in [2.05, 4.69) is 5.32 Å². The van der Waals surface area contributed by atoms with Gasteiger partial charge < -0.3 is 14.8 Å². The maximum Gasteiger partial charge on any atom is 0.342 e. The van der Waals surface area contributed by atoms with Crippen molar-refractivity contribution in [3.05, 3.63) is 29.8 Å². The van der Waals surface area contributed by atoms with Crippen LogP contribution in [-0.4, -0.2) is 32.6 Å². The minimum Gasteiger partial charge on any atom is -0.496 e. The molecule has 0 aliphatic heterocycles. The van der Waals surface area contributed by atoms with Gasteiger partial charge in [-0.3, -0.25) is 4.79 Å². The molecule has 0 spiro atoms. The molecule has 0 heterocycles. The van der Waals surface area contributed by atoms with E-state index in [-0.39, 0.29) is 12.5 Å². The van der Waals surface area contributed by atoms with Crippen LogP contribution in [0.1, 0.15) is 10.4 Å². The van der Waals surface area contributed by atoms with E-state index >= 15 is 0 Å². The molecule has 0 radical (unpaired) electrons. The van der Waals surface area contributed by atoms with Crippen LogP contribution in [-0.2, 0) is 9.53 Å². The van der Waals surface area contributed by atoms with Gasteiger partial charge in [0.2, 0.25) is 0 Å². The maximum atomic E-state index is 11.6. The summed E-state index contributed by atoms with van der Waals surface area (Å²) < 4.78 is 9.79. The molecule has 0 aromatic heterocycles. The van der Waals surface area contributed by atoms with Crippen LogP contribution >= 0.6 is 0 Å². The highest BCUT2D eigenvalue weighted by atomic mass is 16.5. The molecule has 1 rings (SSSR count). The van der Waals surface area contributed by atoms with E-state index in [0.29, 0.717) is 11.3 Å². The molecular weight excluding hydrogens is 210 g/mol. The predicted molar refractivity (Wildman–Crippen MR) is 57.3 cm³/mol. The number of rotatable bonds is 4. The van der Waals surface area contributed by atoms with E-state index in [1.807, 2.05) is 0 Å². The Kier molecular flexibility index (Phi) is 4.32. The van der Waals surface area contributed by atoms with Crippen LogP contribution in [0.5, 0.6) is 5.75 Å². The van der Waals surface area contributed by atoms with Crippen LogP contribution < -0.4 is 10.1 Å². The van der Waals surface area contributed by atoms with E-state index in [0.717, 1.165) is 0 Å². The third kappa shape index (κ3) is 2.98. The monoisotopic (exact) mass is 223 g/mol. The summed E-state index contributed by atoms with van der Waals surface area (Å²) in [4.78, 5) is 22.4. The van der Waals surface area contributed by atoms with E-state index < -0.39 is 5.97 Å². The molecule has 0 saturated heterocycles. The standard InChI is InChI=1S/C11H13NO4/c1-12-10(13)7-16-11(14)8-5-3-4-6-9(8)15-2/h3-6H,7H2,1-2H3,(H,12,13). The van der Waals surface area contributed by atoms with Gasteiger partial charge in [-0.15, -0.1) is 0 Å². The first-order valence-corrected chi connectivity index (χ1v) is 4.69. The topological polar surface area (TPSA) is 64.6 Å². The zero-order chi connectivity index (χ0) is 12.0. The van der Waals surface area contributed by atoms with Crippen molar-refractivity contribution in [2.75, 3.05) is 20.8 Å². The van der Waals surface area contributed by atoms with Crippen LogP contribution in [0.2, 0.25) is 0 Å². The number of carbonyl (C=O) groups is 2. The van der Waals surface area contributed by atoms with Crippen LogP contribution in [0.3, 0.4) is 0 Å². The highest BCUT2D eigenvalue weighted by Crippen LogP contribution is 2.17. The number of amides is 1. The number of likely N-dealkylation sites (N-methyl/N-ethyl adjacent to an activating group) is 1. The summed E-state index contributed by atoms with van der Waals surface area (Å²) in [5.74, 6) is -0.520. The molecule has 1 aromatic rings. The number of carbonyl (C=O) groups excluding carboxylic acids is 2. The second-order valence-electron chi connectivity index (χ2n) is 2.95. The Morgan fingerprint density at radius 3 is 2.62 bits per heavy atom. The average molecular weight is 223 g/mol. The number of hydrogen-bond donors (Lipinski definition) is 1. The van der Waals surface area contributed by atoms with E-state index in [1.54, 1.807) is 24.3 Å². The van der Waals surface area contributed by atoms with Gasteiger partial charge in [0.15, 0.2) is 6.61 Å². The molecule has 0 saturated carbocycles. The smallest absolute Gasteiger partial charge is 0.342 e. The van der Waals surface area contributed by atoms with Gasteiger partial charge in [-0.1, -0.05) is 12.1 Å². The summed E-state index contributed by atoms with van der Waals surface area (Å²) >= 11 is 0. The first-order valence-electron chi connectivity index (χ1n) is 4.69. The number of ether oxygens (including phenoxy) is 2. The van der Waals surface area contributed by atoms with Gasteiger partial charge >= 0.3 is 5.97 Å². The Labute approximate surface area is 93.4 Å². The minimum absolute atomic E-state index is 0.298. The van der Waals surface area contributed by atoms with Gasteiger partial charge in [0.1, 0.15) is 11.3 Å². The molecule has 1 amide bonds. The molecule has 16 heavy (non-hydrogen) atoms. The van der Waals surface area contributed by atoms with Crippen molar-refractivity contribution in [3.8, 4) is 5.75 Å². The lowest BCUT2D eigenvalue weighted by Gasteiger charge is -2.07. The van der Waals surface area contributed by atoms with Crippen LogP contribution in [0, 0.1) is 0 Å². The number of para-hydroxylation sites is 1. The first kappa shape index (κ1) is 12.0. The van der Waals surface area contributed by atoms with E-state index in [1.165, 1.54) is 14.2 Å². The summed E-state index contributed by atoms with van der Waals surface area (Å²) in [6.45, 7) is -0.298. The average Bonchev–Trinajstić information content (AvgIpc) is 2.35. The molecule has 0 aliphatic rings. The van der Waals surface area contributed by atoms with Gasteiger partial charge in [-0.25, -0.2) is 4.79 Å². The Balaban J connectivity index is 2.69. The van der Waals surface area contributed by atoms with Crippen LogP contribution in [0.15, 0.2) is 24.3 Å². The lowest BCUT2D eigenvalue weighted by molar-refractivity contribution is -0.123. The molecule has 0 atom stereocenters. The molecule has 1 N–H and O–H groups in total. The van der Waals surface area contributed by atoms with Crippen molar-refractivity contribution in [2.24, 2.45) is 0 Å². The molecule has 5 nitrogen and oxygen atoms in total. The van der Waals surface area contributed by atoms with Crippen molar-refractivity contribution in [2.45, 2.75) is 0 Å². The fourth-order valence-corrected chi connectivity index (χ4v) is 1.09. The molecule has 1 aromatic carbocycles. The quantitative estimate of drug-likeness (QED) is 0.759. The normalized spacial score (nSPS) is 9.38. The molecule has 0 fully saturated rings. The van der Waals surface area contributed by atoms with Gasteiger partial charge in [0, 0.05) is 7.05 Å². The Morgan fingerprint density at radius 2 is 2.00 bits per heavy atom. The summed E-state index contributed by atoms with van der Waals surface area (Å²) in [6.07, 6.45) is 0. The molecule has 0 aliphatic carbocycles. The Bertz CT molecular complexity index is 389. The summed E-state index contributed by atoms with van der Waals surface area (Å²) in [6, 6.07) is 6.66. The lowest BCUT2D eigenvalue weighted by atomic mass is 10.2. The van der Waals surface area contributed by atoms with Crippen molar-refractivity contribution in [1.29, 1.82) is 0 Å². The lowest BCUT2D eigenvalue weighted by Crippen LogP contribution is -2.25. The Morgan fingerprint density at radius 1 is 1.31 bits per heavy atom. The highest BCUT2D eigenvalue weighted by molar-refractivity contribution is 5.93. The SMILES string of the molecule is CNC(=O)COC(=O)c1ccccc1OC. The molecule has 5 heteroatoms. The predicted octanol–water partition coefficient (Wildman–Crippen LogP) is 0.598.